The molecule has 0 aliphatic rings. The van der Waals surface area contributed by atoms with Crippen LogP contribution < -0.4 is 11.1 Å². The summed E-state index contributed by atoms with van der Waals surface area (Å²) in [6.07, 6.45) is 3.40. The van der Waals surface area contributed by atoms with Crippen molar-refractivity contribution in [3.8, 4) is 0 Å². The second kappa shape index (κ2) is 3.75. The van der Waals surface area contributed by atoms with E-state index in [9.17, 15) is 4.79 Å². The van der Waals surface area contributed by atoms with Crippen LogP contribution in [0.15, 0.2) is 12.4 Å². The van der Waals surface area contributed by atoms with Crippen molar-refractivity contribution >= 4 is 11.9 Å². The maximum Gasteiger partial charge on any atom is 0.216 e. The van der Waals surface area contributed by atoms with Crippen LogP contribution in [0.1, 0.15) is 6.92 Å². The SMILES string of the molecule is CC(=O)NCCn1ccnc1N. The quantitative estimate of drug-likeness (QED) is 0.645. The van der Waals surface area contributed by atoms with Gasteiger partial charge in [0.2, 0.25) is 5.91 Å². The minimum absolute atomic E-state index is 0.0336. The lowest BCUT2D eigenvalue weighted by Gasteiger charge is -2.04. The number of amides is 1. The third-order valence-electron chi connectivity index (χ3n) is 1.47. The minimum Gasteiger partial charge on any atom is -0.369 e. The standard InChI is InChI=1S/C7H12N4O/c1-6(12)9-2-4-11-5-3-10-7(11)8/h3,5H,2,4H2,1H3,(H2,8,10)(H,9,12). The van der Waals surface area contributed by atoms with Crippen LogP contribution >= 0.6 is 0 Å². The molecular formula is C7H12N4O. The number of hydrogen-bond donors (Lipinski definition) is 2. The highest BCUT2D eigenvalue weighted by atomic mass is 16.1. The van der Waals surface area contributed by atoms with Gasteiger partial charge < -0.3 is 15.6 Å². The number of nitrogens with one attached hydrogen (secondary N) is 1. The van der Waals surface area contributed by atoms with Crippen molar-refractivity contribution in [3.63, 3.8) is 0 Å². The summed E-state index contributed by atoms with van der Waals surface area (Å²) in [7, 11) is 0. The Morgan fingerprint density at radius 3 is 3.08 bits per heavy atom. The Kier molecular flexibility index (Phi) is 2.68. The van der Waals surface area contributed by atoms with E-state index in [0.717, 1.165) is 0 Å². The highest BCUT2D eigenvalue weighted by molar-refractivity contribution is 5.72. The third kappa shape index (κ3) is 2.26. The molecule has 0 saturated heterocycles. The Balaban J connectivity index is 2.33. The Bertz CT molecular complexity index is 268. The van der Waals surface area contributed by atoms with E-state index in [0.29, 0.717) is 19.0 Å². The third-order valence-corrected chi connectivity index (χ3v) is 1.47. The zero-order chi connectivity index (χ0) is 8.97. The molecule has 0 atom stereocenters. The fraction of sp³-hybridized carbons (Fsp3) is 0.429. The number of aromatic nitrogens is 2. The van der Waals surface area contributed by atoms with E-state index in [1.165, 1.54) is 6.92 Å². The summed E-state index contributed by atoms with van der Waals surface area (Å²) >= 11 is 0. The van der Waals surface area contributed by atoms with E-state index < -0.39 is 0 Å². The molecule has 5 nitrogen and oxygen atoms in total. The summed E-state index contributed by atoms with van der Waals surface area (Å²) in [4.78, 5) is 14.3. The maximum atomic E-state index is 10.5. The number of nitrogens with two attached hydrogens (primary N) is 1. The predicted molar refractivity (Wildman–Crippen MR) is 45.3 cm³/mol. The number of rotatable bonds is 3. The van der Waals surface area contributed by atoms with Crippen LogP contribution in [0.3, 0.4) is 0 Å². The zero-order valence-electron chi connectivity index (χ0n) is 6.95. The normalized spacial score (nSPS) is 9.75. The molecule has 0 bridgehead atoms. The first-order chi connectivity index (χ1) is 5.70. The molecular weight excluding hydrogens is 156 g/mol. The van der Waals surface area contributed by atoms with Crippen molar-refractivity contribution in [1.29, 1.82) is 0 Å². The second-order valence-electron chi connectivity index (χ2n) is 2.46. The number of nitrogen functional groups attached to an aromatic ring is 1. The van der Waals surface area contributed by atoms with E-state index in [2.05, 4.69) is 10.3 Å². The molecule has 1 heterocycles. The minimum atomic E-state index is -0.0336. The van der Waals surface area contributed by atoms with Crippen molar-refractivity contribution in [1.82, 2.24) is 14.9 Å². The van der Waals surface area contributed by atoms with Crippen LogP contribution in [0.2, 0.25) is 0 Å². The Labute approximate surface area is 70.6 Å². The van der Waals surface area contributed by atoms with Gasteiger partial charge in [-0.3, -0.25) is 4.79 Å². The van der Waals surface area contributed by atoms with E-state index in [1.54, 1.807) is 17.0 Å². The van der Waals surface area contributed by atoms with Crippen molar-refractivity contribution in [2.75, 3.05) is 12.3 Å². The Morgan fingerprint density at radius 2 is 2.58 bits per heavy atom. The van der Waals surface area contributed by atoms with Crippen molar-refractivity contribution in [2.45, 2.75) is 13.5 Å². The Hall–Kier alpha value is -1.52. The summed E-state index contributed by atoms with van der Waals surface area (Å²) in [6.45, 7) is 2.72. The van der Waals surface area contributed by atoms with Gasteiger partial charge in [-0.15, -0.1) is 0 Å². The van der Waals surface area contributed by atoms with Crippen LogP contribution in [-0.4, -0.2) is 22.0 Å². The molecule has 12 heavy (non-hydrogen) atoms. The zero-order valence-corrected chi connectivity index (χ0v) is 6.95. The molecule has 0 aromatic carbocycles. The first kappa shape index (κ1) is 8.58. The topological polar surface area (TPSA) is 72.9 Å². The maximum absolute atomic E-state index is 10.5. The van der Waals surface area contributed by atoms with Crippen molar-refractivity contribution in [3.05, 3.63) is 12.4 Å². The molecule has 0 aliphatic heterocycles. The van der Waals surface area contributed by atoms with Gasteiger partial charge in [-0.05, 0) is 0 Å². The van der Waals surface area contributed by atoms with Crippen LogP contribution in [0.4, 0.5) is 5.95 Å². The number of anilines is 1. The van der Waals surface area contributed by atoms with Crippen LogP contribution in [0.25, 0.3) is 0 Å². The van der Waals surface area contributed by atoms with Gasteiger partial charge in [0.15, 0.2) is 5.95 Å². The highest BCUT2D eigenvalue weighted by Gasteiger charge is 1.96. The van der Waals surface area contributed by atoms with Crippen LogP contribution in [0, 0.1) is 0 Å². The molecule has 0 spiro atoms. The fourth-order valence-electron chi connectivity index (χ4n) is 0.882. The van der Waals surface area contributed by atoms with Crippen LogP contribution in [-0.2, 0) is 11.3 Å². The fourth-order valence-corrected chi connectivity index (χ4v) is 0.882. The summed E-state index contributed by atoms with van der Waals surface area (Å²) in [6, 6.07) is 0. The Morgan fingerprint density at radius 1 is 1.83 bits per heavy atom. The van der Waals surface area contributed by atoms with Gasteiger partial charge in [0.25, 0.3) is 0 Å². The van der Waals surface area contributed by atoms with Crippen molar-refractivity contribution < 1.29 is 4.79 Å². The molecule has 1 aromatic rings. The number of nitrogens with zero attached hydrogens (tertiary/aromatic N) is 2. The smallest absolute Gasteiger partial charge is 0.216 e. The average Bonchev–Trinajstić information content (AvgIpc) is 2.36. The van der Waals surface area contributed by atoms with E-state index in [4.69, 9.17) is 5.73 Å². The molecule has 66 valence electrons. The molecule has 0 aliphatic carbocycles. The van der Waals surface area contributed by atoms with E-state index in [-0.39, 0.29) is 5.91 Å². The number of hydrogen-bond acceptors (Lipinski definition) is 3. The summed E-state index contributed by atoms with van der Waals surface area (Å²) < 4.78 is 1.77. The van der Waals surface area contributed by atoms with E-state index in [1.807, 2.05) is 0 Å². The molecule has 0 unspecified atom stereocenters. The molecule has 0 saturated carbocycles. The monoisotopic (exact) mass is 168 g/mol. The largest absolute Gasteiger partial charge is 0.369 e. The molecule has 1 rings (SSSR count). The van der Waals surface area contributed by atoms with Gasteiger partial charge in [0.1, 0.15) is 0 Å². The van der Waals surface area contributed by atoms with Crippen molar-refractivity contribution in [2.24, 2.45) is 0 Å². The number of carbonyl (C=O) groups is 1. The molecule has 5 heteroatoms. The molecule has 0 radical (unpaired) electrons. The van der Waals surface area contributed by atoms with E-state index >= 15 is 0 Å². The predicted octanol–water partition coefficient (Wildman–Crippen LogP) is -0.399. The lowest BCUT2D eigenvalue weighted by Crippen LogP contribution is -2.24. The lowest BCUT2D eigenvalue weighted by atomic mass is 10.5. The number of imidazole rings is 1. The molecule has 0 fully saturated rings. The van der Waals surface area contributed by atoms with Crippen LogP contribution in [0.5, 0.6) is 0 Å². The summed E-state index contributed by atoms with van der Waals surface area (Å²) in [5, 5.41) is 2.67. The van der Waals surface area contributed by atoms with Gasteiger partial charge in [0, 0.05) is 32.4 Å². The molecule has 1 amide bonds. The second-order valence-corrected chi connectivity index (χ2v) is 2.46. The first-order valence-corrected chi connectivity index (χ1v) is 3.71. The van der Waals surface area contributed by atoms with Gasteiger partial charge in [-0.2, -0.15) is 0 Å². The van der Waals surface area contributed by atoms with Gasteiger partial charge in [-0.1, -0.05) is 0 Å². The number of carbonyl (C=O) groups excluding carboxylic acids is 1. The summed E-state index contributed by atoms with van der Waals surface area (Å²) in [5.41, 5.74) is 5.50. The lowest BCUT2D eigenvalue weighted by molar-refractivity contribution is -0.118. The average molecular weight is 168 g/mol. The molecule has 1 aromatic heterocycles. The van der Waals surface area contributed by atoms with Gasteiger partial charge in [-0.25, -0.2) is 4.98 Å². The first-order valence-electron chi connectivity index (χ1n) is 3.71. The summed E-state index contributed by atoms with van der Waals surface area (Å²) in [5.74, 6) is 0.439. The highest BCUT2D eigenvalue weighted by Crippen LogP contribution is 1.96. The molecule has 3 N–H and O–H groups in total. The van der Waals surface area contributed by atoms with Gasteiger partial charge in [0.05, 0.1) is 0 Å². The van der Waals surface area contributed by atoms with Gasteiger partial charge >= 0.3 is 0 Å².